The molecule has 1 heteroatoms. The lowest BCUT2D eigenvalue weighted by Crippen LogP contribution is -2.22. The Morgan fingerprint density at radius 2 is 1.69 bits per heavy atom. The van der Waals surface area contributed by atoms with Gasteiger partial charge in [0.05, 0.1) is 0 Å². The zero-order valence-corrected chi connectivity index (χ0v) is 18.4. The third kappa shape index (κ3) is 5.56. The Kier molecular flexibility index (Phi) is 7.25. The monoisotopic (exact) mass is 386 g/mol. The van der Waals surface area contributed by atoms with E-state index in [4.69, 9.17) is 0 Å². The van der Waals surface area contributed by atoms with E-state index in [9.17, 15) is 4.79 Å². The van der Waals surface area contributed by atoms with E-state index in [2.05, 4.69) is 69.3 Å². The predicted molar refractivity (Wildman–Crippen MR) is 124 cm³/mol. The molecule has 1 saturated carbocycles. The van der Waals surface area contributed by atoms with Gasteiger partial charge in [0.15, 0.2) is 5.78 Å². The fourth-order valence-corrected chi connectivity index (χ4v) is 4.36. The molecule has 0 unspecified atom stereocenters. The third-order valence-corrected chi connectivity index (χ3v) is 6.44. The Morgan fingerprint density at radius 1 is 1.00 bits per heavy atom. The van der Waals surface area contributed by atoms with Crippen LogP contribution < -0.4 is 0 Å². The van der Waals surface area contributed by atoms with Crippen LogP contribution in [0.2, 0.25) is 0 Å². The van der Waals surface area contributed by atoms with Gasteiger partial charge in [-0.25, -0.2) is 0 Å². The number of benzene rings is 2. The second-order valence-corrected chi connectivity index (χ2v) is 8.66. The van der Waals surface area contributed by atoms with Crippen LogP contribution in [0.5, 0.6) is 0 Å². The third-order valence-electron chi connectivity index (χ3n) is 6.44. The van der Waals surface area contributed by atoms with Gasteiger partial charge in [-0.3, -0.25) is 4.79 Å². The molecule has 0 amide bonds. The van der Waals surface area contributed by atoms with Gasteiger partial charge >= 0.3 is 0 Å². The summed E-state index contributed by atoms with van der Waals surface area (Å²) in [7, 11) is 0. The SMILES string of the molecule is CCC1CC(CC=C/C(C)=C(/Cc2ccc(C(C)=O)cc2)c2ccccc2C)C1. The van der Waals surface area contributed by atoms with Crippen molar-refractivity contribution >= 4 is 11.4 Å². The molecule has 0 spiro atoms. The Balaban J connectivity index is 1.81. The highest BCUT2D eigenvalue weighted by atomic mass is 16.1. The Labute approximate surface area is 176 Å². The standard InChI is InChI=1S/C28H34O/c1-5-23-17-25(18-23)11-8-10-21(3)28(27-12-7-6-9-20(27)2)19-24-13-15-26(16-14-24)22(4)29/h6-10,12-16,23,25H,5,11,17-19H2,1-4H3/b10-8?,28-21-. The van der Waals surface area contributed by atoms with Gasteiger partial charge in [0, 0.05) is 5.56 Å². The van der Waals surface area contributed by atoms with Gasteiger partial charge < -0.3 is 0 Å². The van der Waals surface area contributed by atoms with Crippen molar-refractivity contribution in [3.8, 4) is 0 Å². The van der Waals surface area contributed by atoms with Gasteiger partial charge in [0.1, 0.15) is 0 Å². The average molecular weight is 387 g/mol. The molecule has 2 aromatic rings. The molecular weight excluding hydrogens is 352 g/mol. The zero-order valence-electron chi connectivity index (χ0n) is 18.4. The van der Waals surface area contributed by atoms with Crippen LogP contribution in [0.25, 0.3) is 5.57 Å². The van der Waals surface area contributed by atoms with E-state index in [1.54, 1.807) is 6.92 Å². The van der Waals surface area contributed by atoms with Crippen molar-refractivity contribution in [2.75, 3.05) is 0 Å². The molecule has 0 aliphatic heterocycles. The van der Waals surface area contributed by atoms with Crippen LogP contribution in [0.15, 0.2) is 66.3 Å². The lowest BCUT2D eigenvalue weighted by Gasteiger charge is -2.34. The summed E-state index contributed by atoms with van der Waals surface area (Å²) in [6, 6.07) is 16.7. The van der Waals surface area contributed by atoms with E-state index >= 15 is 0 Å². The molecule has 0 saturated heterocycles. The minimum absolute atomic E-state index is 0.117. The summed E-state index contributed by atoms with van der Waals surface area (Å²) >= 11 is 0. The molecule has 3 rings (SSSR count). The molecule has 1 aliphatic carbocycles. The molecule has 152 valence electrons. The number of ketones is 1. The first kappa shape index (κ1) is 21.3. The van der Waals surface area contributed by atoms with E-state index in [-0.39, 0.29) is 5.78 Å². The van der Waals surface area contributed by atoms with Gasteiger partial charge in [-0.05, 0) is 86.1 Å². The summed E-state index contributed by atoms with van der Waals surface area (Å²) < 4.78 is 0. The molecule has 0 N–H and O–H groups in total. The van der Waals surface area contributed by atoms with Crippen LogP contribution >= 0.6 is 0 Å². The van der Waals surface area contributed by atoms with Crippen molar-refractivity contribution in [1.29, 1.82) is 0 Å². The second-order valence-electron chi connectivity index (χ2n) is 8.66. The number of hydrogen-bond donors (Lipinski definition) is 0. The van der Waals surface area contributed by atoms with Gasteiger partial charge in [0.25, 0.3) is 0 Å². The van der Waals surface area contributed by atoms with E-state index < -0.39 is 0 Å². The topological polar surface area (TPSA) is 17.1 Å². The first-order valence-electron chi connectivity index (χ1n) is 11.0. The van der Waals surface area contributed by atoms with E-state index in [1.807, 2.05) is 12.1 Å². The molecular formula is C28H34O. The Hall–Kier alpha value is -2.41. The Bertz CT molecular complexity index is 892. The molecule has 1 fully saturated rings. The number of carbonyl (C=O) groups excluding carboxylic acids is 1. The zero-order chi connectivity index (χ0) is 20.8. The van der Waals surface area contributed by atoms with E-state index in [0.717, 1.165) is 23.8 Å². The van der Waals surface area contributed by atoms with Gasteiger partial charge in [-0.15, -0.1) is 0 Å². The van der Waals surface area contributed by atoms with Gasteiger partial charge in [-0.2, -0.15) is 0 Å². The lowest BCUT2D eigenvalue weighted by molar-refractivity contribution is 0.101. The number of hydrogen-bond acceptors (Lipinski definition) is 1. The lowest BCUT2D eigenvalue weighted by atomic mass is 9.72. The highest BCUT2D eigenvalue weighted by molar-refractivity contribution is 5.94. The molecule has 1 nitrogen and oxygen atoms in total. The maximum atomic E-state index is 11.6. The summed E-state index contributed by atoms with van der Waals surface area (Å²) in [5, 5.41) is 0. The van der Waals surface area contributed by atoms with Crippen LogP contribution in [0.4, 0.5) is 0 Å². The number of carbonyl (C=O) groups is 1. The maximum Gasteiger partial charge on any atom is 0.159 e. The fourth-order valence-electron chi connectivity index (χ4n) is 4.36. The van der Waals surface area contributed by atoms with Crippen LogP contribution in [-0.2, 0) is 6.42 Å². The van der Waals surface area contributed by atoms with Crippen LogP contribution in [0, 0.1) is 18.8 Å². The number of rotatable bonds is 8. The van der Waals surface area contributed by atoms with Crippen molar-refractivity contribution in [1.82, 2.24) is 0 Å². The van der Waals surface area contributed by atoms with Crippen LogP contribution in [0.1, 0.15) is 73.5 Å². The quantitative estimate of drug-likeness (QED) is 0.337. The number of Topliss-reactive ketones (excluding diaryl/α,β-unsaturated/α-hetero) is 1. The van der Waals surface area contributed by atoms with Crippen LogP contribution in [0.3, 0.4) is 0 Å². The summed E-state index contributed by atoms with van der Waals surface area (Å²) in [5.41, 5.74) is 7.35. The predicted octanol–water partition coefficient (Wildman–Crippen LogP) is 7.60. The maximum absolute atomic E-state index is 11.6. The Morgan fingerprint density at radius 3 is 2.31 bits per heavy atom. The fraction of sp³-hybridized carbons (Fsp3) is 0.393. The largest absolute Gasteiger partial charge is 0.295 e. The first-order chi connectivity index (χ1) is 14.0. The minimum atomic E-state index is 0.117. The molecule has 0 heterocycles. The summed E-state index contributed by atoms with van der Waals surface area (Å²) in [4.78, 5) is 11.6. The van der Waals surface area contributed by atoms with Crippen molar-refractivity contribution in [3.63, 3.8) is 0 Å². The highest BCUT2D eigenvalue weighted by Crippen LogP contribution is 2.38. The van der Waals surface area contributed by atoms with Crippen molar-refractivity contribution in [2.45, 2.75) is 59.8 Å². The van der Waals surface area contributed by atoms with Gasteiger partial charge in [-0.1, -0.05) is 74.0 Å². The summed E-state index contributed by atoms with van der Waals surface area (Å²) in [6.45, 7) is 8.34. The van der Waals surface area contributed by atoms with Gasteiger partial charge in [0.2, 0.25) is 0 Å². The smallest absolute Gasteiger partial charge is 0.159 e. The van der Waals surface area contributed by atoms with Crippen molar-refractivity contribution in [2.24, 2.45) is 11.8 Å². The molecule has 0 bridgehead atoms. The molecule has 0 atom stereocenters. The normalized spacial score (nSPS) is 19.7. The first-order valence-corrected chi connectivity index (χ1v) is 11.0. The average Bonchev–Trinajstić information content (AvgIpc) is 2.68. The number of allylic oxidation sites excluding steroid dienone is 4. The molecule has 29 heavy (non-hydrogen) atoms. The highest BCUT2D eigenvalue weighted by Gasteiger charge is 2.26. The van der Waals surface area contributed by atoms with E-state index in [1.165, 1.54) is 53.5 Å². The molecule has 1 aliphatic rings. The molecule has 0 aromatic heterocycles. The van der Waals surface area contributed by atoms with E-state index in [0.29, 0.717) is 0 Å². The van der Waals surface area contributed by atoms with Crippen LogP contribution in [-0.4, -0.2) is 5.78 Å². The van der Waals surface area contributed by atoms with Crippen molar-refractivity contribution in [3.05, 3.63) is 88.5 Å². The molecule has 2 aromatic carbocycles. The van der Waals surface area contributed by atoms with Crippen molar-refractivity contribution < 1.29 is 4.79 Å². The minimum Gasteiger partial charge on any atom is -0.295 e. The second kappa shape index (κ2) is 9.87. The number of aryl methyl sites for hydroxylation is 1. The summed E-state index contributed by atoms with van der Waals surface area (Å²) in [6.07, 6.45) is 10.9. The summed E-state index contributed by atoms with van der Waals surface area (Å²) in [5.74, 6) is 1.96. The molecule has 0 radical (unpaired) electrons.